The highest BCUT2D eigenvalue weighted by atomic mass is 80.0. The number of aryl methyl sites for hydroxylation is 1. The van der Waals surface area contributed by atoms with Crippen LogP contribution in [0.1, 0.15) is 18.9 Å². The molecule has 2 aromatic rings. The lowest BCUT2D eigenvalue weighted by Crippen LogP contribution is -2.09. The summed E-state index contributed by atoms with van der Waals surface area (Å²) in [5.74, 6) is 1.03. The zero-order valence-electron chi connectivity index (χ0n) is 12.5. The van der Waals surface area contributed by atoms with Gasteiger partial charge in [-0.05, 0) is 30.0 Å². The Balaban J connectivity index is 2.18. The van der Waals surface area contributed by atoms with Crippen LogP contribution in [-0.2, 0) is 6.42 Å². The quantitative estimate of drug-likeness (QED) is 0.228. The molecule has 0 saturated heterocycles. The van der Waals surface area contributed by atoms with E-state index in [-0.39, 0.29) is 0 Å². The topological polar surface area (TPSA) is 9.23 Å². The van der Waals surface area contributed by atoms with E-state index >= 15 is 0 Å². The maximum Gasteiger partial charge on any atom is 0.267 e. The molecule has 0 aliphatic rings. The molecule has 0 bridgehead atoms. The molecular weight excluding hydrogens is 488 g/mol. The third kappa shape index (κ3) is 5.51. The van der Waals surface area contributed by atoms with Crippen LogP contribution in [0.25, 0.3) is 11.1 Å². The third-order valence-electron chi connectivity index (χ3n) is 3.41. The molecule has 0 saturated carbocycles. The molecule has 0 unspecified atom stereocenters. The Labute approximate surface area is 157 Å². The SMILES string of the molecule is CCc1cccc(-c2ccccc2)c1OCCC[Si](Br)(Br)Br. The fourth-order valence-electron chi connectivity index (χ4n) is 2.33. The van der Waals surface area contributed by atoms with Crippen LogP contribution in [0.4, 0.5) is 0 Å². The number of hydrogen-bond donors (Lipinski definition) is 0. The van der Waals surface area contributed by atoms with Crippen LogP contribution in [0, 0.1) is 0 Å². The predicted octanol–water partition coefficient (Wildman–Crippen LogP) is 6.81. The van der Waals surface area contributed by atoms with Crippen molar-refractivity contribution in [2.24, 2.45) is 0 Å². The number of hydrogen-bond acceptors (Lipinski definition) is 1. The van der Waals surface area contributed by atoms with Crippen molar-refractivity contribution in [2.45, 2.75) is 25.8 Å². The average Bonchev–Trinajstić information content (AvgIpc) is 2.51. The number of halogens is 3. The summed E-state index contributed by atoms with van der Waals surface area (Å²) in [5, 5.41) is 0. The second-order valence-electron chi connectivity index (χ2n) is 5.08. The van der Waals surface area contributed by atoms with Crippen molar-refractivity contribution in [3.63, 3.8) is 0 Å². The van der Waals surface area contributed by atoms with Gasteiger partial charge in [-0.1, -0.05) is 101 Å². The van der Waals surface area contributed by atoms with Gasteiger partial charge in [0, 0.05) is 5.56 Å². The van der Waals surface area contributed by atoms with E-state index < -0.39 is 3.93 Å². The molecule has 2 aromatic carbocycles. The summed E-state index contributed by atoms with van der Waals surface area (Å²) in [6.07, 6.45) is 1.99. The molecule has 0 spiro atoms. The van der Waals surface area contributed by atoms with Gasteiger partial charge in [0.1, 0.15) is 5.75 Å². The number of benzene rings is 2. The fourth-order valence-corrected chi connectivity index (χ4v) is 5.39. The smallest absolute Gasteiger partial charge is 0.267 e. The molecule has 0 aliphatic carbocycles. The lowest BCUT2D eigenvalue weighted by atomic mass is 10.0. The first-order valence-corrected chi connectivity index (χ1v) is 16.4. The van der Waals surface area contributed by atoms with Crippen molar-refractivity contribution in [1.82, 2.24) is 0 Å². The van der Waals surface area contributed by atoms with Gasteiger partial charge in [-0.15, -0.1) is 0 Å². The highest BCUT2D eigenvalue weighted by Gasteiger charge is 2.21. The minimum absolute atomic E-state index is 0.731. The number of para-hydroxylation sites is 1. The summed E-state index contributed by atoms with van der Waals surface area (Å²) in [7, 11) is 0. The van der Waals surface area contributed by atoms with Gasteiger partial charge in [0.05, 0.1) is 6.61 Å². The van der Waals surface area contributed by atoms with Gasteiger partial charge >= 0.3 is 0 Å². The van der Waals surface area contributed by atoms with Crippen molar-refractivity contribution in [1.29, 1.82) is 0 Å². The van der Waals surface area contributed by atoms with E-state index in [4.69, 9.17) is 4.74 Å². The molecule has 0 aromatic heterocycles. The monoisotopic (exact) mass is 504 g/mol. The highest BCUT2D eigenvalue weighted by molar-refractivity contribution is 9.72. The average molecular weight is 507 g/mol. The number of ether oxygens (including phenoxy) is 1. The van der Waals surface area contributed by atoms with Crippen LogP contribution in [0.3, 0.4) is 0 Å². The molecule has 1 nitrogen and oxygen atoms in total. The van der Waals surface area contributed by atoms with Gasteiger partial charge in [0.15, 0.2) is 0 Å². The Bertz CT molecular complexity index is 597. The van der Waals surface area contributed by atoms with Gasteiger partial charge in [0.25, 0.3) is 3.93 Å². The number of rotatable bonds is 7. The molecule has 0 N–H and O–H groups in total. The lowest BCUT2D eigenvalue weighted by Gasteiger charge is -2.16. The van der Waals surface area contributed by atoms with E-state index in [2.05, 4.69) is 95.3 Å². The van der Waals surface area contributed by atoms with E-state index in [1.54, 1.807) is 0 Å². The zero-order chi connectivity index (χ0) is 16.0. The molecule has 2 rings (SSSR count). The van der Waals surface area contributed by atoms with E-state index in [9.17, 15) is 0 Å². The first-order chi connectivity index (χ1) is 10.5. The fraction of sp³-hybridized carbons (Fsp3) is 0.294. The minimum atomic E-state index is -1.54. The van der Waals surface area contributed by atoms with Crippen molar-refractivity contribution >= 4 is 49.8 Å². The zero-order valence-corrected chi connectivity index (χ0v) is 18.2. The molecule has 0 radical (unpaired) electrons. The minimum Gasteiger partial charge on any atom is -0.493 e. The maximum absolute atomic E-state index is 6.17. The molecule has 118 valence electrons. The molecule has 5 heteroatoms. The largest absolute Gasteiger partial charge is 0.493 e. The van der Waals surface area contributed by atoms with Gasteiger partial charge in [-0.2, -0.15) is 0 Å². The van der Waals surface area contributed by atoms with Gasteiger partial charge in [-0.3, -0.25) is 0 Å². The van der Waals surface area contributed by atoms with Gasteiger partial charge in [-0.25, -0.2) is 0 Å². The standard InChI is InChI=1S/C17H19Br3OSi/c1-2-14-10-6-11-16(15-8-4-3-5-9-15)17(14)21-12-7-13-22(18,19)20/h3-6,8-11H,2,7,12-13H2,1H3. The maximum atomic E-state index is 6.17. The van der Waals surface area contributed by atoms with E-state index in [1.165, 1.54) is 16.7 Å². The van der Waals surface area contributed by atoms with Crippen LogP contribution < -0.4 is 4.74 Å². The summed E-state index contributed by atoms with van der Waals surface area (Å²) in [6.45, 7) is 2.90. The second kappa shape index (κ2) is 8.67. The highest BCUT2D eigenvalue weighted by Crippen LogP contribution is 2.35. The van der Waals surface area contributed by atoms with Crippen molar-refractivity contribution in [3.05, 3.63) is 54.1 Å². The Morgan fingerprint density at radius 1 is 0.955 bits per heavy atom. The first-order valence-electron chi connectivity index (χ1n) is 7.38. The molecule has 0 amide bonds. The molecule has 22 heavy (non-hydrogen) atoms. The Kier molecular flexibility index (Phi) is 7.18. The summed E-state index contributed by atoms with van der Waals surface area (Å²) in [5.41, 5.74) is 3.65. The summed E-state index contributed by atoms with van der Waals surface area (Å²) < 4.78 is 4.63. The Morgan fingerprint density at radius 2 is 1.68 bits per heavy atom. The van der Waals surface area contributed by atoms with Crippen LogP contribution in [0.15, 0.2) is 48.5 Å². The summed E-state index contributed by atoms with van der Waals surface area (Å²) in [6, 6.07) is 17.9. The van der Waals surface area contributed by atoms with E-state index in [1.807, 2.05) is 6.07 Å². The predicted molar refractivity (Wildman–Crippen MR) is 109 cm³/mol. The molecular formula is C17H19Br3OSi. The van der Waals surface area contributed by atoms with E-state index in [0.717, 1.165) is 31.2 Å². The van der Waals surface area contributed by atoms with Crippen molar-refractivity contribution in [3.8, 4) is 16.9 Å². The Hall–Kier alpha value is -0.103. The molecule has 0 aliphatic heterocycles. The van der Waals surface area contributed by atoms with Crippen LogP contribution in [0.5, 0.6) is 5.75 Å². The van der Waals surface area contributed by atoms with Crippen molar-refractivity contribution < 1.29 is 4.74 Å². The van der Waals surface area contributed by atoms with Gasteiger partial charge < -0.3 is 4.74 Å². The third-order valence-corrected chi connectivity index (χ3v) is 7.90. The lowest BCUT2D eigenvalue weighted by molar-refractivity contribution is 0.315. The van der Waals surface area contributed by atoms with Crippen LogP contribution in [-0.4, -0.2) is 10.5 Å². The first kappa shape index (κ1) is 18.2. The van der Waals surface area contributed by atoms with Gasteiger partial charge in [0.2, 0.25) is 0 Å². The van der Waals surface area contributed by atoms with Crippen LogP contribution in [0.2, 0.25) is 6.04 Å². The van der Waals surface area contributed by atoms with Crippen molar-refractivity contribution in [2.75, 3.05) is 6.61 Å². The molecule has 0 fully saturated rings. The molecule has 0 atom stereocenters. The Morgan fingerprint density at radius 3 is 2.32 bits per heavy atom. The second-order valence-corrected chi connectivity index (χ2v) is 28.6. The molecule has 0 heterocycles. The van der Waals surface area contributed by atoms with E-state index in [0.29, 0.717) is 0 Å². The summed E-state index contributed by atoms with van der Waals surface area (Å²) in [4.78, 5) is 0. The van der Waals surface area contributed by atoms with Crippen LogP contribution >= 0.6 is 45.9 Å². The summed E-state index contributed by atoms with van der Waals surface area (Å²) >= 11 is 11.0. The normalized spacial score (nSPS) is 11.5.